The maximum absolute atomic E-state index is 11.0. The fourth-order valence-electron chi connectivity index (χ4n) is 1.79. The first-order valence-corrected chi connectivity index (χ1v) is 5.87. The molecule has 0 radical (unpaired) electrons. The van der Waals surface area contributed by atoms with Crippen molar-refractivity contribution in [2.75, 3.05) is 0 Å². The zero-order valence-corrected chi connectivity index (χ0v) is 10.5. The zero-order chi connectivity index (χ0) is 14.5. The van der Waals surface area contributed by atoms with Crippen LogP contribution in [0.1, 0.15) is 16.1 Å². The summed E-state index contributed by atoms with van der Waals surface area (Å²) in [5, 5.41) is 19.7. The molecule has 0 saturated carbocycles. The smallest absolute Gasteiger partial charge is 0.352 e. The van der Waals surface area contributed by atoms with E-state index in [4.69, 9.17) is 5.11 Å². The SMILES string of the molecule is O=C(O)c1cc([N+](=O)[O-])cn1CC=Cc1ccccc1. The summed E-state index contributed by atoms with van der Waals surface area (Å²) in [6, 6.07) is 10.6. The van der Waals surface area contributed by atoms with Gasteiger partial charge in [0, 0.05) is 12.6 Å². The summed E-state index contributed by atoms with van der Waals surface area (Å²) < 4.78 is 1.33. The summed E-state index contributed by atoms with van der Waals surface area (Å²) in [4.78, 5) is 21.1. The number of carboxylic acids is 1. The average molecular weight is 272 g/mol. The average Bonchev–Trinajstić information content (AvgIpc) is 2.84. The summed E-state index contributed by atoms with van der Waals surface area (Å²) in [5.41, 5.74) is 0.649. The summed E-state index contributed by atoms with van der Waals surface area (Å²) in [7, 11) is 0. The molecule has 1 N–H and O–H groups in total. The van der Waals surface area contributed by atoms with E-state index in [0.717, 1.165) is 11.6 Å². The Morgan fingerprint density at radius 3 is 2.65 bits per heavy atom. The van der Waals surface area contributed by atoms with Crippen LogP contribution in [0, 0.1) is 10.1 Å². The summed E-state index contributed by atoms with van der Waals surface area (Å²) >= 11 is 0. The molecule has 0 unspecified atom stereocenters. The lowest BCUT2D eigenvalue weighted by atomic mass is 10.2. The predicted molar refractivity (Wildman–Crippen MR) is 73.5 cm³/mol. The van der Waals surface area contributed by atoms with E-state index in [1.807, 2.05) is 36.4 Å². The lowest BCUT2D eigenvalue weighted by Crippen LogP contribution is -2.06. The molecule has 0 saturated heterocycles. The van der Waals surface area contributed by atoms with Crippen molar-refractivity contribution in [3.05, 3.63) is 70.0 Å². The Morgan fingerprint density at radius 2 is 2.05 bits per heavy atom. The van der Waals surface area contributed by atoms with Crippen molar-refractivity contribution in [3.8, 4) is 0 Å². The normalized spacial score (nSPS) is 10.8. The van der Waals surface area contributed by atoms with Crippen LogP contribution in [0.15, 0.2) is 48.7 Å². The monoisotopic (exact) mass is 272 g/mol. The highest BCUT2D eigenvalue weighted by Crippen LogP contribution is 2.16. The second kappa shape index (κ2) is 5.83. The number of hydrogen-bond donors (Lipinski definition) is 1. The van der Waals surface area contributed by atoms with Gasteiger partial charge in [-0.2, -0.15) is 0 Å². The van der Waals surface area contributed by atoms with Gasteiger partial charge in [-0.25, -0.2) is 4.79 Å². The van der Waals surface area contributed by atoms with E-state index in [0.29, 0.717) is 0 Å². The summed E-state index contributed by atoms with van der Waals surface area (Å²) in [5.74, 6) is -1.19. The minimum atomic E-state index is -1.19. The van der Waals surface area contributed by atoms with Crippen molar-refractivity contribution < 1.29 is 14.8 Å². The van der Waals surface area contributed by atoms with E-state index in [9.17, 15) is 14.9 Å². The molecular weight excluding hydrogens is 260 g/mol. The largest absolute Gasteiger partial charge is 0.477 e. The number of carbonyl (C=O) groups is 1. The Labute approximate surface area is 114 Å². The Balaban J connectivity index is 2.18. The molecule has 6 heteroatoms. The van der Waals surface area contributed by atoms with Gasteiger partial charge < -0.3 is 9.67 Å². The predicted octanol–water partition coefficient (Wildman–Crippen LogP) is 2.81. The molecule has 2 aromatic rings. The topological polar surface area (TPSA) is 85.4 Å². The van der Waals surface area contributed by atoms with E-state index in [2.05, 4.69) is 0 Å². The molecule has 1 aromatic carbocycles. The van der Waals surface area contributed by atoms with Gasteiger partial charge in [-0.05, 0) is 5.56 Å². The third kappa shape index (κ3) is 3.11. The van der Waals surface area contributed by atoms with Crippen molar-refractivity contribution in [3.63, 3.8) is 0 Å². The van der Waals surface area contributed by atoms with Gasteiger partial charge in [0.05, 0.1) is 11.1 Å². The number of benzene rings is 1. The molecule has 0 atom stereocenters. The van der Waals surface area contributed by atoms with Crippen LogP contribution in [0.2, 0.25) is 0 Å². The van der Waals surface area contributed by atoms with Crippen molar-refractivity contribution in [2.24, 2.45) is 0 Å². The van der Waals surface area contributed by atoms with Crippen LogP contribution in [0.25, 0.3) is 6.08 Å². The van der Waals surface area contributed by atoms with Gasteiger partial charge in [0.15, 0.2) is 0 Å². The third-order valence-electron chi connectivity index (χ3n) is 2.72. The van der Waals surface area contributed by atoms with Crippen LogP contribution < -0.4 is 0 Å². The van der Waals surface area contributed by atoms with E-state index >= 15 is 0 Å². The fourth-order valence-corrected chi connectivity index (χ4v) is 1.79. The maximum Gasteiger partial charge on any atom is 0.352 e. The van der Waals surface area contributed by atoms with Gasteiger partial charge in [0.2, 0.25) is 0 Å². The Hall–Kier alpha value is -2.89. The number of rotatable bonds is 5. The first-order chi connectivity index (χ1) is 9.58. The van der Waals surface area contributed by atoms with Crippen molar-refractivity contribution in [2.45, 2.75) is 6.54 Å². The quantitative estimate of drug-likeness (QED) is 0.669. The highest BCUT2D eigenvalue weighted by molar-refractivity contribution is 5.86. The molecule has 20 heavy (non-hydrogen) atoms. The molecule has 0 fully saturated rings. The number of allylic oxidation sites excluding steroid dienone is 1. The standard InChI is InChI=1S/C14H12N2O4/c17-14(18)13-9-12(16(19)20)10-15(13)8-4-7-11-5-2-1-3-6-11/h1-7,9-10H,8H2,(H,17,18). The fraction of sp³-hybridized carbons (Fsp3) is 0.0714. The van der Waals surface area contributed by atoms with Crippen molar-refractivity contribution in [1.82, 2.24) is 4.57 Å². The van der Waals surface area contributed by atoms with E-state index in [-0.39, 0.29) is 17.9 Å². The van der Waals surface area contributed by atoms with Gasteiger partial charge in [0.25, 0.3) is 5.69 Å². The number of carboxylic acid groups (broad SMARTS) is 1. The molecule has 0 aliphatic carbocycles. The first kappa shape index (κ1) is 13.5. The van der Waals surface area contributed by atoms with Crippen LogP contribution in [-0.4, -0.2) is 20.6 Å². The van der Waals surface area contributed by atoms with Crippen LogP contribution in [0.3, 0.4) is 0 Å². The van der Waals surface area contributed by atoms with Gasteiger partial charge in [0.1, 0.15) is 5.69 Å². The van der Waals surface area contributed by atoms with Crippen LogP contribution in [-0.2, 0) is 6.54 Å². The van der Waals surface area contributed by atoms with Gasteiger partial charge >= 0.3 is 5.97 Å². The van der Waals surface area contributed by atoms with Crippen LogP contribution in [0.4, 0.5) is 5.69 Å². The van der Waals surface area contributed by atoms with Crippen LogP contribution in [0.5, 0.6) is 0 Å². The van der Waals surface area contributed by atoms with Crippen molar-refractivity contribution >= 4 is 17.7 Å². The number of nitro groups is 1. The molecule has 0 aliphatic heterocycles. The Morgan fingerprint density at radius 1 is 1.35 bits per heavy atom. The second-order valence-corrected chi connectivity index (χ2v) is 4.11. The minimum absolute atomic E-state index is 0.102. The Kier molecular flexibility index (Phi) is 3.95. The van der Waals surface area contributed by atoms with Gasteiger partial charge in [-0.3, -0.25) is 10.1 Å². The molecule has 1 heterocycles. The van der Waals surface area contributed by atoms with E-state index in [1.54, 1.807) is 6.08 Å². The third-order valence-corrected chi connectivity index (χ3v) is 2.72. The lowest BCUT2D eigenvalue weighted by molar-refractivity contribution is -0.384. The minimum Gasteiger partial charge on any atom is -0.477 e. The summed E-state index contributed by atoms with van der Waals surface area (Å²) in [6.07, 6.45) is 4.81. The molecule has 102 valence electrons. The number of aromatic nitrogens is 1. The molecular formula is C14H12N2O4. The molecule has 0 bridgehead atoms. The van der Waals surface area contributed by atoms with E-state index < -0.39 is 10.9 Å². The maximum atomic E-state index is 11.0. The number of aromatic carboxylic acids is 1. The molecule has 0 aliphatic rings. The zero-order valence-electron chi connectivity index (χ0n) is 10.5. The second-order valence-electron chi connectivity index (χ2n) is 4.11. The first-order valence-electron chi connectivity index (χ1n) is 5.87. The van der Waals surface area contributed by atoms with Gasteiger partial charge in [-0.15, -0.1) is 0 Å². The van der Waals surface area contributed by atoms with E-state index in [1.165, 1.54) is 10.8 Å². The Bertz CT molecular complexity index is 659. The van der Waals surface area contributed by atoms with Gasteiger partial charge in [-0.1, -0.05) is 42.5 Å². The van der Waals surface area contributed by atoms with Crippen LogP contribution >= 0.6 is 0 Å². The molecule has 0 amide bonds. The lowest BCUT2D eigenvalue weighted by Gasteiger charge is -2.00. The number of hydrogen-bond acceptors (Lipinski definition) is 3. The van der Waals surface area contributed by atoms with Crippen molar-refractivity contribution in [1.29, 1.82) is 0 Å². The molecule has 6 nitrogen and oxygen atoms in total. The summed E-state index contributed by atoms with van der Waals surface area (Å²) in [6.45, 7) is 0.254. The molecule has 1 aromatic heterocycles. The number of nitrogens with zero attached hydrogens (tertiary/aromatic N) is 2. The highest BCUT2D eigenvalue weighted by atomic mass is 16.6. The molecule has 0 spiro atoms. The molecule has 2 rings (SSSR count). The highest BCUT2D eigenvalue weighted by Gasteiger charge is 2.17.